The molecule has 2 aromatic rings. The van der Waals surface area contributed by atoms with Gasteiger partial charge in [-0.1, -0.05) is 23.7 Å². The van der Waals surface area contributed by atoms with E-state index in [1.165, 1.54) is 19.2 Å². The highest BCUT2D eigenvalue weighted by atomic mass is 35.5. The number of hydrogen-bond donors (Lipinski definition) is 1. The van der Waals surface area contributed by atoms with Gasteiger partial charge < -0.3 is 9.64 Å². The molecule has 0 bridgehead atoms. The van der Waals surface area contributed by atoms with Gasteiger partial charge in [0.2, 0.25) is 10.0 Å². The highest BCUT2D eigenvalue weighted by molar-refractivity contribution is 7.89. The van der Waals surface area contributed by atoms with E-state index in [0.29, 0.717) is 29.7 Å². The van der Waals surface area contributed by atoms with Crippen LogP contribution in [-0.4, -0.2) is 63.5 Å². The molecule has 1 fully saturated rings. The summed E-state index contributed by atoms with van der Waals surface area (Å²) < 4.78 is 33.8. The molecule has 1 N–H and O–H groups in total. The number of sulfonamides is 1. The smallest absolute Gasteiger partial charge is 0.253 e. The maximum Gasteiger partial charge on any atom is 0.253 e. The lowest BCUT2D eigenvalue weighted by Gasteiger charge is -2.37. The van der Waals surface area contributed by atoms with E-state index in [2.05, 4.69) is 23.5 Å². The summed E-state index contributed by atoms with van der Waals surface area (Å²) in [5.41, 5.74) is 1.09. The van der Waals surface area contributed by atoms with Crippen molar-refractivity contribution in [3.8, 4) is 5.75 Å². The first-order valence-electron chi connectivity index (χ1n) is 10.2. The van der Waals surface area contributed by atoms with Crippen molar-refractivity contribution in [1.29, 1.82) is 0 Å². The van der Waals surface area contributed by atoms with Gasteiger partial charge in [0.15, 0.2) is 0 Å². The van der Waals surface area contributed by atoms with Crippen LogP contribution in [0.5, 0.6) is 5.75 Å². The number of amides is 1. The fourth-order valence-corrected chi connectivity index (χ4v) is 4.84. The third-order valence-corrected chi connectivity index (χ3v) is 7.09. The molecule has 1 heterocycles. The van der Waals surface area contributed by atoms with E-state index in [1.54, 1.807) is 35.2 Å². The molecule has 1 aliphatic heterocycles. The van der Waals surface area contributed by atoms with Crippen LogP contribution in [0, 0.1) is 0 Å². The average molecular weight is 466 g/mol. The van der Waals surface area contributed by atoms with Crippen molar-refractivity contribution >= 4 is 27.5 Å². The zero-order valence-electron chi connectivity index (χ0n) is 18.0. The maximum atomic E-state index is 13.0. The SMILES string of the molecule is COc1ccc(C(=O)N2CCN(C(C)C)CC2)cc1S(=O)(=O)NCc1ccc(Cl)cc1. The number of carbonyl (C=O) groups excluding carboxylic acids is 1. The zero-order valence-corrected chi connectivity index (χ0v) is 19.5. The van der Waals surface area contributed by atoms with Gasteiger partial charge in [-0.2, -0.15) is 0 Å². The minimum atomic E-state index is -3.91. The first kappa shape index (κ1) is 23.5. The Balaban J connectivity index is 1.78. The fourth-order valence-electron chi connectivity index (χ4n) is 3.50. The van der Waals surface area contributed by atoms with Crippen molar-refractivity contribution < 1.29 is 17.9 Å². The summed E-state index contributed by atoms with van der Waals surface area (Å²) in [6, 6.07) is 11.8. The van der Waals surface area contributed by atoms with Crippen molar-refractivity contribution in [3.05, 3.63) is 58.6 Å². The van der Waals surface area contributed by atoms with Crippen molar-refractivity contribution in [2.75, 3.05) is 33.3 Å². The minimum absolute atomic E-state index is 0.0596. The molecule has 168 valence electrons. The fraction of sp³-hybridized carbons (Fsp3) is 0.409. The van der Waals surface area contributed by atoms with E-state index in [4.69, 9.17) is 16.3 Å². The van der Waals surface area contributed by atoms with Crippen LogP contribution in [0.25, 0.3) is 0 Å². The third kappa shape index (κ3) is 5.77. The van der Waals surface area contributed by atoms with Crippen LogP contribution < -0.4 is 9.46 Å². The lowest BCUT2D eigenvalue weighted by atomic mass is 10.1. The molecule has 3 rings (SSSR count). The summed E-state index contributed by atoms with van der Waals surface area (Å²) in [7, 11) is -2.50. The molecule has 0 aromatic heterocycles. The average Bonchev–Trinajstić information content (AvgIpc) is 2.78. The first-order chi connectivity index (χ1) is 14.7. The second kappa shape index (κ2) is 9.99. The molecular formula is C22H28ClN3O4S. The van der Waals surface area contributed by atoms with Crippen molar-refractivity contribution in [1.82, 2.24) is 14.5 Å². The molecular weight excluding hydrogens is 438 g/mol. The Hall–Kier alpha value is -2.13. The van der Waals surface area contributed by atoms with E-state index in [0.717, 1.165) is 18.7 Å². The molecule has 0 atom stereocenters. The second-order valence-electron chi connectivity index (χ2n) is 7.74. The van der Waals surface area contributed by atoms with Crippen molar-refractivity contribution in [3.63, 3.8) is 0 Å². The standard InChI is InChI=1S/C22H28ClN3O4S/c1-16(2)25-10-12-26(13-11-25)22(27)18-6-9-20(30-3)21(14-18)31(28,29)24-15-17-4-7-19(23)8-5-17/h4-9,14,16,24H,10-13,15H2,1-3H3. The normalized spacial score (nSPS) is 15.3. The molecule has 0 unspecified atom stereocenters. The molecule has 0 aliphatic carbocycles. The molecule has 9 heteroatoms. The van der Waals surface area contributed by atoms with Gasteiger partial charge in [-0.25, -0.2) is 13.1 Å². The number of nitrogens with one attached hydrogen (secondary N) is 1. The quantitative estimate of drug-likeness (QED) is 0.680. The Morgan fingerprint density at radius 1 is 1.10 bits per heavy atom. The summed E-state index contributed by atoms with van der Waals surface area (Å²) in [6.45, 7) is 7.18. The number of carbonyl (C=O) groups is 1. The van der Waals surface area contributed by atoms with Gasteiger partial charge in [0.05, 0.1) is 7.11 Å². The summed E-state index contributed by atoms with van der Waals surface area (Å²) >= 11 is 5.88. The highest BCUT2D eigenvalue weighted by Gasteiger charge is 2.26. The summed E-state index contributed by atoms with van der Waals surface area (Å²) in [5.74, 6) is 0.00462. The maximum absolute atomic E-state index is 13.0. The summed E-state index contributed by atoms with van der Waals surface area (Å²) in [5, 5.41) is 0.578. The molecule has 7 nitrogen and oxygen atoms in total. The molecule has 1 saturated heterocycles. The van der Waals surface area contributed by atoms with Crippen LogP contribution >= 0.6 is 11.6 Å². The Morgan fingerprint density at radius 2 is 1.74 bits per heavy atom. The molecule has 0 saturated carbocycles. The largest absolute Gasteiger partial charge is 0.495 e. The van der Waals surface area contributed by atoms with E-state index in [9.17, 15) is 13.2 Å². The minimum Gasteiger partial charge on any atom is -0.495 e. The van der Waals surface area contributed by atoms with Gasteiger partial charge >= 0.3 is 0 Å². The van der Waals surface area contributed by atoms with Crippen LogP contribution in [0.4, 0.5) is 0 Å². The van der Waals surface area contributed by atoms with Crippen molar-refractivity contribution in [2.45, 2.75) is 31.3 Å². The molecule has 0 spiro atoms. The number of hydrogen-bond acceptors (Lipinski definition) is 5. The number of benzene rings is 2. The van der Waals surface area contributed by atoms with E-state index < -0.39 is 10.0 Å². The van der Waals surface area contributed by atoms with Crippen LogP contribution in [-0.2, 0) is 16.6 Å². The Bertz CT molecular complexity index is 1020. The number of ether oxygens (including phenoxy) is 1. The van der Waals surface area contributed by atoms with Gasteiger partial charge in [-0.15, -0.1) is 0 Å². The second-order valence-corrected chi connectivity index (χ2v) is 9.91. The topological polar surface area (TPSA) is 79.0 Å². The first-order valence-corrected chi connectivity index (χ1v) is 12.0. The predicted octanol–water partition coefficient (Wildman–Crippen LogP) is 2.99. The summed E-state index contributed by atoms with van der Waals surface area (Å²) in [4.78, 5) is 17.0. The molecule has 1 amide bonds. The Morgan fingerprint density at radius 3 is 2.32 bits per heavy atom. The van der Waals surface area contributed by atoms with E-state index >= 15 is 0 Å². The summed E-state index contributed by atoms with van der Waals surface area (Å²) in [6.07, 6.45) is 0. The van der Waals surface area contributed by atoms with E-state index in [-0.39, 0.29) is 23.1 Å². The van der Waals surface area contributed by atoms with Crippen molar-refractivity contribution in [2.24, 2.45) is 0 Å². The van der Waals surface area contributed by atoms with Crippen LogP contribution in [0.1, 0.15) is 29.8 Å². The van der Waals surface area contributed by atoms with Crippen LogP contribution in [0.2, 0.25) is 5.02 Å². The number of methoxy groups -OCH3 is 1. The van der Waals surface area contributed by atoms with Crippen LogP contribution in [0.15, 0.2) is 47.4 Å². The zero-order chi connectivity index (χ0) is 22.6. The monoisotopic (exact) mass is 465 g/mol. The third-order valence-electron chi connectivity index (χ3n) is 5.41. The molecule has 31 heavy (non-hydrogen) atoms. The number of piperazine rings is 1. The van der Waals surface area contributed by atoms with Gasteiger partial charge in [-0.3, -0.25) is 9.69 Å². The molecule has 0 radical (unpaired) electrons. The lowest BCUT2D eigenvalue weighted by Crippen LogP contribution is -2.50. The Kier molecular flexibility index (Phi) is 7.59. The predicted molar refractivity (Wildman–Crippen MR) is 121 cm³/mol. The molecule has 1 aliphatic rings. The van der Waals surface area contributed by atoms with Crippen LogP contribution in [0.3, 0.4) is 0 Å². The number of nitrogens with zero attached hydrogens (tertiary/aromatic N) is 2. The number of rotatable bonds is 7. The van der Waals surface area contributed by atoms with Gasteiger partial charge in [0.1, 0.15) is 10.6 Å². The Labute approximate surface area is 189 Å². The molecule has 2 aromatic carbocycles. The van der Waals surface area contributed by atoms with Gasteiger partial charge in [0.25, 0.3) is 5.91 Å². The number of halogens is 1. The highest BCUT2D eigenvalue weighted by Crippen LogP contribution is 2.26. The van der Waals surface area contributed by atoms with Gasteiger partial charge in [0, 0.05) is 49.4 Å². The lowest BCUT2D eigenvalue weighted by molar-refractivity contribution is 0.0595. The van der Waals surface area contributed by atoms with Gasteiger partial charge in [-0.05, 0) is 49.7 Å². The van der Waals surface area contributed by atoms with E-state index in [1.807, 2.05) is 0 Å².